The summed E-state index contributed by atoms with van der Waals surface area (Å²) in [6.07, 6.45) is 2.59. The molecule has 1 aromatic rings. The monoisotopic (exact) mass is 290 g/mol. The van der Waals surface area contributed by atoms with Gasteiger partial charge in [0.05, 0.1) is 6.10 Å². The first-order valence-electron chi connectivity index (χ1n) is 8.29. The topological polar surface area (TPSA) is 24.5 Å². The van der Waals surface area contributed by atoms with Crippen molar-refractivity contribution in [3.05, 3.63) is 35.4 Å². The minimum absolute atomic E-state index is 0.347. The summed E-state index contributed by atoms with van der Waals surface area (Å²) in [6.45, 7) is 9.48. The van der Waals surface area contributed by atoms with E-state index in [9.17, 15) is 0 Å². The number of nitrogens with one attached hydrogen (secondary N) is 1. The van der Waals surface area contributed by atoms with Gasteiger partial charge in [-0.1, -0.05) is 38.1 Å². The summed E-state index contributed by atoms with van der Waals surface area (Å²) in [5.74, 6) is 0. The van der Waals surface area contributed by atoms with Crippen molar-refractivity contribution in [1.82, 2.24) is 10.2 Å². The molecule has 118 valence electrons. The van der Waals surface area contributed by atoms with E-state index in [1.54, 1.807) is 0 Å². The Labute approximate surface area is 129 Å². The lowest BCUT2D eigenvalue weighted by molar-refractivity contribution is 0.0804. The highest BCUT2D eigenvalue weighted by molar-refractivity contribution is 5.25. The van der Waals surface area contributed by atoms with Gasteiger partial charge in [-0.05, 0) is 44.5 Å². The summed E-state index contributed by atoms with van der Waals surface area (Å²) in [6, 6.07) is 9.98. The summed E-state index contributed by atoms with van der Waals surface area (Å²) in [5, 5.41) is 3.62. The van der Waals surface area contributed by atoms with Crippen LogP contribution in [0.25, 0.3) is 0 Å². The van der Waals surface area contributed by atoms with Crippen LogP contribution in [0.4, 0.5) is 0 Å². The summed E-state index contributed by atoms with van der Waals surface area (Å²) < 4.78 is 5.70. The Morgan fingerprint density at radius 3 is 2.52 bits per heavy atom. The van der Waals surface area contributed by atoms with Crippen molar-refractivity contribution in [3.63, 3.8) is 0 Å². The third-order valence-electron chi connectivity index (χ3n) is 4.61. The van der Waals surface area contributed by atoms with Crippen LogP contribution < -0.4 is 5.32 Å². The fourth-order valence-corrected chi connectivity index (χ4v) is 3.24. The van der Waals surface area contributed by atoms with E-state index in [0.29, 0.717) is 18.2 Å². The minimum Gasteiger partial charge on any atom is -0.377 e. The molecular formula is C18H30N2O. The van der Waals surface area contributed by atoms with Gasteiger partial charge in [0.1, 0.15) is 0 Å². The average molecular weight is 290 g/mol. The molecule has 1 saturated heterocycles. The highest BCUT2D eigenvalue weighted by Gasteiger charge is 2.29. The molecule has 0 amide bonds. The summed E-state index contributed by atoms with van der Waals surface area (Å²) in [4.78, 5) is 2.46. The van der Waals surface area contributed by atoms with Crippen LogP contribution in [0.2, 0.25) is 0 Å². The molecule has 0 saturated carbocycles. The molecule has 1 N–H and O–H groups in total. The molecule has 3 unspecified atom stereocenters. The highest BCUT2D eigenvalue weighted by atomic mass is 16.5. The van der Waals surface area contributed by atoms with E-state index >= 15 is 0 Å². The van der Waals surface area contributed by atoms with Crippen molar-refractivity contribution in [2.75, 3.05) is 26.7 Å². The number of hydrogen-bond acceptors (Lipinski definition) is 3. The number of nitrogens with zero attached hydrogens (tertiary/aromatic N) is 1. The smallest absolute Gasteiger partial charge is 0.0702 e. The predicted molar refractivity (Wildman–Crippen MR) is 88.7 cm³/mol. The fraction of sp³-hybridized carbons (Fsp3) is 0.667. The molecule has 3 heteroatoms. The normalized spacial score (nSPS) is 23.7. The maximum absolute atomic E-state index is 5.70. The van der Waals surface area contributed by atoms with Crippen LogP contribution >= 0.6 is 0 Å². The van der Waals surface area contributed by atoms with E-state index in [4.69, 9.17) is 4.74 Å². The van der Waals surface area contributed by atoms with Crippen molar-refractivity contribution in [2.24, 2.45) is 0 Å². The Kier molecular flexibility index (Phi) is 6.22. The van der Waals surface area contributed by atoms with E-state index in [0.717, 1.165) is 32.5 Å². The van der Waals surface area contributed by atoms with Gasteiger partial charge >= 0.3 is 0 Å². The van der Waals surface area contributed by atoms with Gasteiger partial charge in [-0.15, -0.1) is 0 Å². The van der Waals surface area contributed by atoms with Gasteiger partial charge in [-0.2, -0.15) is 0 Å². The van der Waals surface area contributed by atoms with E-state index in [-0.39, 0.29) is 0 Å². The summed E-state index contributed by atoms with van der Waals surface area (Å²) >= 11 is 0. The first-order valence-corrected chi connectivity index (χ1v) is 8.29. The van der Waals surface area contributed by atoms with Crippen molar-refractivity contribution in [3.8, 4) is 0 Å². The lowest BCUT2D eigenvalue weighted by atomic mass is 10.0. The second kappa shape index (κ2) is 7.92. The Hall–Kier alpha value is -0.900. The molecule has 1 aliphatic heterocycles. The maximum atomic E-state index is 5.70. The van der Waals surface area contributed by atoms with Crippen molar-refractivity contribution in [2.45, 2.75) is 51.8 Å². The zero-order valence-corrected chi connectivity index (χ0v) is 13.9. The predicted octanol–water partition coefficient (Wildman–Crippen LogP) is 3.01. The molecule has 3 nitrogen and oxygen atoms in total. The fourth-order valence-electron chi connectivity index (χ4n) is 3.24. The van der Waals surface area contributed by atoms with E-state index in [1.807, 2.05) is 0 Å². The third kappa shape index (κ3) is 4.29. The minimum atomic E-state index is 0.347. The molecule has 1 fully saturated rings. The number of ether oxygens (including phenoxy) is 1. The van der Waals surface area contributed by atoms with Gasteiger partial charge in [-0.25, -0.2) is 0 Å². The second-order valence-corrected chi connectivity index (χ2v) is 6.08. The molecule has 0 radical (unpaired) electrons. The van der Waals surface area contributed by atoms with Crippen molar-refractivity contribution in [1.29, 1.82) is 0 Å². The van der Waals surface area contributed by atoms with Gasteiger partial charge in [0.2, 0.25) is 0 Å². The first kappa shape index (κ1) is 16.5. The molecule has 0 spiro atoms. The molecule has 3 atom stereocenters. The zero-order chi connectivity index (χ0) is 15.2. The number of benzene rings is 1. The molecule has 0 aromatic heterocycles. The van der Waals surface area contributed by atoms with Crippen LogP contribution in [-0.2, 0) is 11.2 Å². The van der Waals surface area contributed by atoms with E-state index in [1.165, 1.54) is 11.1 Å². The van der Waals surface area contributed by atoms with Crippen LogP contribution in [0.5, 0.6) is 0 Å². The van der Waals surface area contributed by atoms with Gasteiger partial charge in [-0.3, -0.25) is 4.90 Å². The Morgan fingerprint density at radius 2 is 2.00 bits per heavy atom. The van der Waals surface area contributed by atoms with E-state index in [2.05, 4.69) is 62.3 Å². The maximum Gasteiger partial charge on any atom is 0.0702 e. The quantitative estimate of drug-likeness (QED) is 0.835. The third-order valence-corrected chi connectivity index (χ3v) is 4.61. The van der Waals surface area contributed by atoms with Crippen LogP contribution in [-0.4, -0.2) is 43.8 Å². The SMILES string of the molecule is CCNC(CN(C)C1CCOC1C)c1ccc(CC)cc1. The lowest BCUT2D eigenvalue weighted by Crippen LogP contribution is -2.42. The molecule has 0 aliphatic carbocycles. The van der Waals surface area contributed by atoms with Crippen molar-refractivity contribution < 1.29 is 4.74 Å². The average Bonchev–Trinajstić information content (AvgIpc) is 2.93. The van der Waals surface area contributed by atoms with Gasteiger partial charge < -0.3 is 10.1 Å². The standard InChI is InChI=1S/C18H30N2O/c1-5-15-7-9-16(10-8-15)17(19-6-2)13-20(4)18-11-12-21-14(18)3/h7-10,14,17-19H,5-6,11-13H2,1-4H3. The molecule has 1 heterocycles. The van der Waals surface area contributed by atoms with Crippen LogP contribution in [0, 0.1) is 0 Å². The Morgan fingerprint density at radius 1 is 1.29 bits per heavy atom. The molecule has 2 rings (SSSR count). The molecule has 21 heavy (non-hydrogen) atoms. The van der Waals surface area contributed by atoms with Gasteiger partial charge in [0.15, 0.2) is 0 Å². The first-order chi connectivity index (χ1) is 10.2. The second-order valence-electron chi connectivity index (χ2n) is 6.08. The number of aryl methyl sites for hydroxylation is 1. The lowest BCUT2D eigenvalue weighted by Gasteiger charge is -2.31. The van der Waals surface area contributed by atoms with Crippen LogP contribution in [0.15, 0.2) is 24.3 Å². The molecule has 1 aromatic carbocycles. The summed E-state index contributed by atoms with van der Waals surface area (Å²) in [5.41, 5.74) is 2.78. The molecule has 1 aliphatic rings. The Balaban J connectivity index is 2.03. The van der Waals surface area contributed by atoms with E-state index < -0.39 is 0 Å². The number of likely N-dealkylation sites (N-methyl/N-ethyl adjacent to an activating group) is 2. The van der Waals surface area contributed by atoms with Gasteiger partial charge in [0, 0.05) is 25.2 Å². The number of rotatable bonds is 7. The zero-order valence-electron chi connectivity index (χ0n) is 13.9. The largest absolute Gasteiger partial charge is 0.377 e. The van der Waals surface area contributed by atoms with Crippen LogP contribution in [0.1, 0.15) is 44.4 Å². The Bertz CT molecular complexity index is 418. The molecular weight excluding hydrogens is 260 g/mol. The van der Waals surface area contributed by atoms with Gasteiger partial charge in [0.25, 0.3) is 0 Å². The van der Waals surface area contributed by atoms with Crippen LogP contribution in [0.3, 0.4) is 0 Å². The number of hydrogen-bond donors (Lipinski definition) is 1. The molecule has 0 bridgehead atoms. The highest BCUT2D eigenvalue weighted by Crippen LogP contribution is 2.22. The van der Waals surface area contributed by atoms with Crippen molar-refractivity contribution >= 4 is 0 Å². The summed E-state index contributed by atoms with van der Waals surface area (Å²) in [7, 11) is 2.22.